The Morgan fingerprint density at radius 2 is 1.80 bits per heavy atom. The molecule has 0 aromatic rings. The number of hydrogen-bond acceptors (Lipinski definition) is 2. The van der Waals surface area contributed by atoms with Crippen molar-refractivity contribution < 1.29 is 9.90 Å². The molecule has 2 aliphatic rings. The van der Waals surface area contributed by atoms with Gasteiger partial charge in [0.25, 0.3) is 0 Å². The van der Waals surface area contributed by atoms with E-state index in [1.807, 2.05) is 0 Å². The number of amides is 2. The average Bonchev–Trinajstić information content (AvgIpc) is 3.02. The molecule has 4 heteroatoms. The molecule has 0 aliphatic heterocycles. The highest BCUT2D eigenvalue weighted by molar-refractivity contribution is 5.74. The van der Waals surface area contributed by atoms with Crippen LogP contribution in [0.15, 0.2) is 0 Å². The maximum absolute atomic E-state index is 11.4. The Kier molecular flexibility index (Phi) is 3.46. The molecule has 3 N–H and O–H groups in total. The monoisotopic (exact) mass is 212 g/mol. The summed E-state index contributed by atoms with van der Waals surface area (Å²) in [6.07, 6.45) is 5.79. The minimum absolute atomic E-state index is 0.0386. The molecule has 15 heavy (non-hydrogen) atoms. The molecular weight excluding hydrogens is 192 g/mol. The molecule has 0 saturated heterocycles. The lowest BCUT2D eigenvalue weighted by molar-refractivity contribution is 0.117. The van der Waals surface area contributed by atoms with Crippen LogP contribution >= 0.6 is 0 Å². The Hall–Kier alpha value is -0.770. The van der Waals surface area contributed by atoms with Crippen molar-refractivity contribution in [2.75, 3.05) is 6.54 Å². The van der Waals surface area contributed by atoms with E-state index >= 15 is 0 Å². The van der Waals surface area contributed by atoms with Gasteiger partial charge in [0.15, 0.2) is 0 Å². The second kappa shape index (κ2) is 4.84. The van der Waals surface area contributed by atoms with Gasteiger partial charge in [0.05, 0.1) is 6.10 Å². The number of carbonyl (C=O) groups is 1. The fourth-order valence-corrected chi connectivity index (χ4v) is 2.02. The van der Waals surface area contributed by atoms with Gasteiger partial charge in [-0.15, -0.1) is 0 Å². The van der Waals surface area contributed by atoms with E-state index in [1.165, 1.54) is 12.8 Å². The molecule has 0 aromatic carbocycles. The van der Waals surface area contributed by atoms with Crippen LogP contribution in [0.3, 0.4) is 0 Å². The number of carbonyl (C=O) groups excluding carboxylic acids is 1. The highest BCUT2D eigenvalue weighted by Crippen LogP contribution is 2.27. The van der Waals surface area contributed by atoms with Crippen LogP contribution in [-0.4, -0.2) is 29.8 Å². The molecule has 2 saturated carbocycles. The summed E-state index contributed by atoms with van der Waals surface area (Å²) in [5, 5.41) is 15.2. The van der Waals surface area contributed by atoms with Gasteiger partial charge >= 0.3 is 6.03 Å². The summed E-state index contributed by atoms with van der Waals surface area (Å²) in [6, 6.07) is 0.218. The lowest BCUT2D eigenvalue weighted by Crippen LogP contribution is -2.44. The van der Waals surface area contributed by atoms with Gasteiger partial charge in [0.1, 0.15) is 0 Å². The minimum atomic E-state index is -0.155. The number of rotatable bonds is 3. The third-order valence-corrected chi connectivity index (χ3v) is 3.28. The molecule has 4 nitrogen and oxygen atoms in total. The van der Waals surface area contributed by atoms with Crippen molar-refractivity contribution in [2.45, 2.75) is 50.7 Å². The van der Waals surface area contributed by atoms with Crippen molar-refractivity contribution in [3.8, 4) is 0 Å². The highest BCUT2D eigenvalue weighted by Gasteiger charge is 2.23. The van der Waals surface area contributed by atoms with E-state index in [1.54, 1.807) is 0 Å². The number of nitrogens with one attached hydrogen (secondary N) is 2. The van der Waals surface area contributed by atoms with Gasteiger partial charge in [-0.3, -0.25) is 0 Å². The topological polar surface area (TPSA) is 61.4 Å². The van der Waals surface area contributed by atoms with Crippen LogP contribution in [-0.2, 0) is 0 Å². The third kappa shape index (κ3) is 3.70. The number of hydrogen-bond donors (Lipinski definition) is 3. The van der Waals surface area contributed by atoms with E-state index in [4.69, 9.17) is 0 Å². The van der Waals surface area contributed by atoms with Gasteiger partial charge in [0, 0.05) is 12.6 Å². The zero-order valence-electron chi connectivity index (χ0n) is 9.04. The van der Waals surface area contributed by atoms with Gasteiger partial charge in [-0.25, -0.2) is 4.79 Å². The smallest absolute Gasteiger partial charge is 0.315 e. The first-order chi connectivity index (χ1) is 7.24. The predicted octanol–water partition coefficient (Wildman–Crippen LogP) is 0.999. The quantitative estimate of drug-likeness (QED) is 0.653. The predicted molar refractivity (Wildman–Crippen MR) is 57.5 cm³/mol. The van der Waals surface area contributed by atoms with Crippen LogP contribution in [0.1, 0.15) is 38.5 Å². The summed E-state index contributed by atoms with van der Waals surface area (Å²) in [5.74, 6) is 0.726. The zero-order valence-corrected chi connectivity index (χ0v) is 9.04. The first-order valence-electron chi connectivity index (χ1n) is 5.96. The normalized spacial score (nSPS) is 31.0. The lowest BCUT2D eigenvalue weighted by atomic mass is 9.93. The summed E-state index contributed by atoms with van der Waals surface area (Å²) in [6.45, 7) is 0.821. The van der Waals surface area contributed by atoms with Gasteiger partial charge in [0.2, 0.25) is 0 Å². The van der Waals surface area contributed by atoms with Crippen molar-refractivity contribution in [3.63, 3.8) is 0 Å². The molecule has 2 fully saturated rings. The van der Waals surface area contributed by atoms with E-state index < -0.39 is 0 Å². The maximum atomic E-state index is 11.4. The SMILES string of the molecule is O=C(NCC1CC1)NC1CCC(O)CC1. The standard InChI is InChI=1S/C11H20N2O2/c14-10-5-3-9(4-6-10)13-11(15)12-7-8-1-2-8/h8-10,14H,1-7H2,(H2,12,13,15). The van der Waals surface area contributed by atoms with Gasteiger partial charge in [-0.1, -0.05) is 0 Å². The third-order valence-electron chi connectivity index (χ3n) is 3.28. The van der Waals surface area contributed by atoms with Crippen molar-refractivity contribution in [3.05, 3.63) is 0 Å². The largest absolute Gasteiger partial charge is 0.393 e. The Labute approximate surface area is 90.4 Å². The Bertz CT molecular complexity index is 221. The summed E-state index contributed by atoms with van der Waals surface area (Å²) >= 11 is 0. The van der Waals surface area contributed by atoms with E-state index in [2.05, 4.69) is 10.6 Å². The molecule has 86 valence electrons. The first-order valence-corrected chi connectivity index (χ1v) is 5.96. The summed E-state index contributed by atoms with van der Waals surface area (Å²) in [4.78, 5) is 11.4. The molecule has 0 unspecified atom stereocenters. The number of aliphatic hydroxyl groups is 1. The van der Waals surface area contributed by atoms with E-state index in [0.717, 1.165) is 38.1 Å². The second-order valence-electron chi connectivity index (χ2n) is 4.80. The van der Waals surface area contributed by atoms with Crippen molar-refractivity contribution in [1.82, 2.24) is 10.6 Å². The fourth-order valence-electron chi connectivity index (χ4n) is 2.02. The van der Waals surface area contributed by atoms with Crippen LogP contribution in [0.25, 0.3) is 0 Å². The van der Waals surface area contributed by atoms with Gasteiger partial charge in [-0.2, -0.15) is 0 Å². The van der Waals surface area contributed by atoms with Crippen LogP contribution < -0.4 is 10.6 Å². The van der Waals surface area contributed by atoms with Crippen molar-refractivity contribution in [1.29, 1.82) is 0 Å². The van der Waals surface area contributed by atoms with Crippen LogP contribution in [0.5, 0.6) is 0 Å². The molecule has 2 amide bonds. The van der Waals surface area contributed by atoms with E-state index in [9.17, 15) is 9.90 Å². The number of aliphatic hydroxyl groups excluding tert-OH is 1. The molecule has 0 heterocycles. The highest BCUT2D eigenvalue weighted by atomic mass is 16.3. The number of urea groups is 1. The summed E-state index contributed by atoms with van der Waals surface area (Å²) in [5.41, 5.74) is 0. The molecule has 0 bridgehead atoms. The molecule has 2 rings (SSSR count). The Balaban J connectivity index is 1.60. The molecule has 2 aliphatic carbocycles. The van der Waals surface area contributed by atoms with E-state index in [0.29, 0.717) is 0 Å². The Morgan fingerprint density at radius 3 is 2.40 bits per heavy atom. The van der Waals surface area contributed by atoms with Crippen LogP contribution in [0.4, 0.5) is 4.79 Å². The minimum Gasteiger partial charge on any atom is -0.393 e. The average molecular weight is 212 g/mol. The molecule has 0 spiro atoms. The van der Waals surface area contributed by atoms with Crippen molar-refractivity contribution >= 4 is 6.03 Å². The molecule has 0 radical (unpaired) electrons. The lowest BCUT2D eigenvalue weighted by Gasteiger charge is -2.26. The van der Waals surface area contributed by atoms with Gasteiger partial charge < -0.3 is 15.7 Å². The fraction of sp³-hybridized carbons (Fsp3) is 0.909. The molecule has 0 aromatic heterocycles. The van der Waals surface area contributed by atoms with Crippen LogP contribution in [0.2, 0.25) is 0 Å². The summed E-state index contributed by atoms with van der Waals surface area (Å²) in [7, 11) is 0. The van der Waals surface area contributed by atoms with Gasteiger partial charge in [-0.05, 0) is 44.4 Å². The maximum Gasteiger partial charge on any atom is 0.315 e. The first kappa shape index (κ1) is 10.7. The zero-order chi connectivity index (χ0) is 10.7. The van der Waals surface area contributed by atoms with E-state index in [-0.39, 0.29) is 18.2 Å². The second-order valence-corrected chi connectivity index (χ2v) is 4.80. The molecular formula is C11H20N2O2. The summed E-state index contributed by atoms with van der Waals surface area (Å²) < 4.78 is 0. The van der Waals surface area contributed by atoms with Crippen molar-refractivity contribution in [2.24, 2.45) is 5.92 Å². The Morgan fingerprint density at radius 1 is 1.13 bits per heavy atom. The van der Waals surface area contributed by atoms with Crippen LogP contribution in [0, 0.1) is 5.92 Å². The molecule has 0 atom stereocenters.